The summed E-state index contributed by atoms with van der Waals surface area (Å²) in [5, 5.41) is 7.55. The van der Waals surface area contributed by atoms with Crippen LogP contribution >= 0.6 is 15.9 Å². The molecular formula is C11H11BrN6. The molecule has 1 N–H and O–H groups in total. The van der Waals surface area contributed by atoms with Gasteiger partial charge in [-0.05, 0) is 22.0 Å². The largest absolute Gasteiger partial charge is 0.361 e. The molecule has 0 spiro atoms. The van der Waals surface area contributed by atoms with Crippen LogP contribution < -0.4 is 5.32 Å². The van der Waals surface area contributed by atoms with Gasteiger partial charge in [-0.15, -0.1) is 0 Å². The zero-order chi connectivity index (χ0) is 12.5. The first kappa shape index (κ1) is 11.2. The van der Waals surface area contributed by atoms with E-state index in [-0.39, 0.29) is 0 Å². The Labute approximate surface area is 112 Å². The summed E-state index contributed by atoms with van der Waals surface area (Å²) in [6.45, 7) is 0.618. The van der Waals surface area contributed by atoms with Gasteiger partial charge in [-0.1, -0.05) is 0 Å². The third kappa shape index (κ3) is 2.08. The first-order valence-electron chi connectivity index (χ1n) is 5.44. The maximum Gasteiger partial charge on any atom is 0.180 e. The van der Waals surface area contributed by atoms with Gasteiger partial charge in [0.1, 0.15) is 4.60 Å². The van der Waals surface area contributed by atoms with E-state index < -0.39 is 0 Å². The van der Waals surface area contributed by atoms with E-state index in [0.717, 1.165) is 21.8 Å². The number of imidazole rings is 1. The minimum atomic E-state index is 0.618. The highest BCUT2D eigenvalue weighted by Crippen LogP contribution is 2.17. The van der Waals surface area contributed by atoms with E-state index in [0.29, 0.717) is 6.54 Å². The molecule has 0 aromatic carbocycles. The van der Waals surface area contributed by atoms with Gasteiger partial charge in [0.15, 0.2) is 11.5 Å². The van der Waals surface area contributed by atoms with E-state index in [4.69, 9.17) is 0 Å². The van der Waals surface area contributed by atoms with Crippen molar-refractivity contribution in [2.45, 2.75) is 6.54 Å². The molecule has 7 heteroatoms. The molecule has 0 fully saturated rings. The van der Waals surface area contributed by atoms with Gasteiger partial charge in [0.2, 0.25) is 0 Å². The van der Waals surface area contributed by atoms with Crippen molar-refractivity contribution in [3.8, 4) is 0 Å². The Kier molecular flexibility index (Phi) is 2.75. The fourth-order valence-corrected chi connectivity index (χ4v) is 2.15. The topological polar surface area (TPSA) is 60.0 Å². The number of nitrogens with one attached hydrogen (secondary N) is 1. The quantitative estimate of drug-likeness (QED) is 0.802. The number of hydrogen-bond acceptors (Lipinski definition) is 4. The normalized spacial score (nSPS) is 11.0. The first-order valence-corrected chi connectivity index (χ1v) is 6.23. The molecule has 0 bridgehead atoms. The summed E-state index contributed by atoms with van der Waals surface area (Å²) in [4.78, 5) is 8.65. The molecule has 3 aromatic rings. The van der Waals surface area contributed by atoms with Gasteiger partial charge in [0.25, 0.3) is 0 Å². The number of hydrogen-bond donors (Lipinski definition) is 1. The Morgan fingerprint density at radius 1 is 1.39 bits per heavy atom. The number of anilines is 1. The zero-order valence-corrected chi connectivity index (χ0v) is 11.3. The standard InChI is InChI=1S/C11H11BrN6/c1-17-4-2-8(16-17)6-14-10-11-13-3-5-18(11)7-9(12)15-10/h2-5,7H,6H2,1H3,(H,14,15). The van der Waals surface area contributed by atoms with Crippen LogP contribution in [-0.2, 0) is 13.6 Å². The summed E-state index contributed by atoms with van der Waals surface area (Å²) >= 11 is 3.38. The van der Waals surface area contributed by atoms with Crippen LogP contribution in [0.25, 0.3) is 5.65 Å². The van der Waals surface area contributed by atoms with Crippen LogP contribution in [0.4, 0.5) is 5.82 Å². The number of aryl methyl sites for hydroxylation is 1. The van der Waals surface area contributed by atoms with Gasteiger partial charge in [-0.3, -0.25) is 4.68 Å². The van der Waals surface area contributed by atoms with Crippen molar-refractivity contribution in [2.24, 2.45) is 7.05 Å². The smallest absolute Gasteiger partial charge is 0.180 e. The van der Waals surface area contributed by atoms with Crippen LogP contribution in [0.15, 0.2) is 35.5 Å². The zero-order valence-electron chi connectivity index (χ0n) is 9.71. The lowest BCUT2D eigenvalue weighted by molar-refractivity contribution is 0.747. The molecule has 0 aliphatic rings. The first-order chi connectivity index (χ1) is 8.72. The van der Waals surface area contributed by atoms with Crippen molar-refractivity contribution in [3.63, 3.8) is 0 Å². The second-order valence-electron chi connectivity index (χ2n) is 3.90. The van der Waals surface area contributed by atoms with Gasteiger partial charge in [-0.25, -0.2) is 9.97 Å². The fraction of sp³-hybridized carbons (Fsp3) is 0.182. The van der Waals surface area contributed by atoms with Gasteiger partial charge >= 0.3 is 0 Å². The molecule has 3 rings (SSSR count). The van der Waals surface area contributed by atoms with Crippen molar-refractivity contribution in [3.05, 3.63) is 41.2 Å². The molecule has 6 nitrogen and oxygen atoms in total. The number of nitrogens with zero attached hydrogens (tertiary/aromatic N) is 5. The predicted octanol–water partition coefficient (Wildman–Crippen LogP) is 1.84. The molecule has 18 heavy (non-hydrogen) atoms. The number of halogens is 1. The molecule has 0 unspecified atom stereocenters. The van der Waals surface area contributed by atoms with Crippen LogP contribution in [-0.4, -0.2) is 24.1 Å². The van der Waals surface area contributed by atoms with Gasteiger partial charge < -0.3 is 9.72 Å². The van der Waals surface area contributed by atoms with Crippen LogP contribution in [0.3, 0.4) is 0 Å². The van der Waals surface area contributed by atoms with E-state index in [1.165, 1.54) is 0 Å². The van der Waals surface area contributed by atoms with Crippen molar-refractivity contribution >= 4 is 27.4 Å². The molecule has 0 aliphatic carbocycles. The van der Waals surface area contributed by atoms with E-state index in [1.807, 2.05) is 36.1 Å². The Morgan fingerprint density at radius 2 is 2.28 bits per heavy atom. The summed E-state index contributed by atoms with van der Waals surface area (Å²) in [6.07, 6.45) is 7.41. The highest BCUT2D eigenvalue weighted by molar-refractivity contribution is 9.10. The van der Waals surface area contributed by atoms with Crippen molar-refractivity contribution in [1.82, 2.24) is 24.1 Å². The number of rotatable bonds is 3. The summed E-state index contributed by atoms with van der Waals surface area (Å²) in [7, 11) is 1.90. The third-order valence-corrected chi connectivity index (χ3v) is 2.93. The molecule has 3 aromatic heterocycles. The maximum absolute atomic E-state index is 4.38. The third-order valence-electron chi connectivity index (χ3n) is 2.55. The SMILES string of the molecule is Cn1ccc(CNc2nc(Br)cn3ccnc23)n1. The molecule has 3 heterocycles. The lowest BCUT2D eigenvalue weighted by Crippen LogP contribution is -2.05. The lowest BCUT2D eigenvalue weighted by atomic mass is 10.4. The van der Waals surface area contributed by atoms with E-state index in [1.54, 1.807) is 10.9 Å². The van der Waals surface area contributed by atoms with E-state index in [9.17, 15) is 0 Å². The highest BCUT2D eigenvalue weighted by atomic mass is 79.9. The molecule has 92 valence electrons. The molecule has 0 radical (unpaired) electrons. The molecular weight excluding hydrogens is 296 g/mol. The van der Waals surface area contributed by atoms with Crippen LogP contribution in [0.5, 0.6) is 0 Å². The summed E-state index contributed by atoms with van der Waals surface area (Å²) in [5.41, 5.74) is 1.76. The molecule has 0 aliphatic heterocycles. The molecule has 0 atom stereocenters. The van der Waals surface area contributed by atoms with Gasteiger partial charge in [-0.2, -0.15) is 5.10 Å². The second-order valence-corrected chi connectivity index (χ2v) is 4.72. The summed E-state index contributed by atoms with van der Waals surface area (Å²) in [5.74, 6) is 0.736. The van der Waals surface area contributed by atoms with Gasteiger partial charge in [0, 0.05) is 31.8 Å². The summed E-state index contributed by atoms with van der Waals surface area (Å²) in [6, 6.07) is 1.97. The van der Waals surface area contributed by atoms with Crippen LogP contribution in [0.1, 0.15) is 5.69 Å². The van der Waals surface area contributed by atoms with E-state index >= 15 is 0 Å². The molecule has 0 amide bonds. The van der Waals surface area contributed by atoms with Crippen LogP contribution in [0.2, 0.25) is 0 Å². The van der Waals surface area contributed by atoms with Crippen molar-refractivity contribution in [2.75, 3.05) is 5.32 Å². The van der Waals surface area contributed by atoms with Gasteiger partial charge in [0.05, 0.1) is 12.2 Å². The Balaban J connectivity index is 1.87. The number of fused-ring (bicyclic) bond motifs is 1. The van der Waals surface area contributed by atoms with Crippen molar-refractivity contribution < 1.29 is 0 Å². The molecule has 0 saturated carbocycles. The Bertz CT molecular complexity index is 686. The Hall–Kier alpha value is -1.89. The average molecular weight is 307 g/mol. The average Bonchev–Trinajstić information content (AvgIpc) is 2.94. The highest BCUT2D eigenvalue weighted by Gasteiger charge is 2.06. The minimum absolute atomic E-state index is 0.618. The number of aromatic nitrogens is 5. The maximum atomic E-state index is 4.38. The predicted molar refractivity (Wildman–Crippen MR) is 71.2 cm³/mol. The second kappa shape index (κ2) is 4.41. The molecule has 0 saturated heterocycles. The van der Waals surface area contributed by atoms with E-state index in [2.05, 4.69) is 36.3 Å². The fourth-order valence-electron chi connectivity index (χ4n) is 1.75. The lowest BCUT2D eigenvalue weighted by Gasteiger charge is -2.06. The monoisotopic (exact) mass is 306 g/mol. The summed E-state index contributed by atoms with van der Waals surface area (Å²) < 4.78 is 4.45. The minimum Gasteiger partial charge on any atom is -0.361 e. The van der Waals surface area contributed by atoms with Crippen LogP contribution in [0, 0.1) is 0 Å². The Morgan fingerprint density at radius 3 is 3.06 bits per heavy atom. The van der Waals surface area contributed by atoms with Crippen molar-refractivity contribution in [1.29, 1.82) is 0 Å².